The third-order valence-corrected chi connectivity index (χ3v) is 5.82. The van der Waals surface area contributed by atoms with Gasteiger partial charge in [-0.15, -0.1) is 24.8 Å². The lowest BCUT2D eigenvalue weighted by Crippen LogP contribution is -2.50. The lowest BCUT2D eigenvalue weighted by Gasteiger charge is -2.37. The van der Waals surface area contributed by atoms with E-state index in [1.807, 2.05) is 4.90 Å². The number of carbonyl (C=O) groups is 1. The van der Waals surface area contributed by atoms with Crippen molar-refractivity contribution in [2.24, 2.45) is 5.92 Å². The molecule has 1 saturated carbocycles. The molecule has 0 aromatic rings. The highest BCUT2D eigenvalue weighted by molar-refractivity contribution is 5.85. The molecular formula is C18H36Cl2N4O. The summed E-state index contributed by atoms with van der Waals surface area (Å²) in [6.45, 7) is 10.6. The number of hydrogen-bond donors (Lipinski definition) is 1. The van der Waals surface area contributed by atoms with E-state index in [9.17, 15) is 4.79 Å². The molecule has 2 aliphatic heterocycles. The minimum absolute atomic E-state index is 0. The molecular weight excluding hydrogens is 359 g/mol. The Balaban J connectivity index is 0.00000156. The molecule has 0 atom stereocenters. The molecule has 2 heterocycles. The number of amides is 1. The topological polar surface area (TPSA) is 38.8 Å². The van der Waals surface area contributed by atoms with Crippen LogP contribution < -0.4 is 5.32 Å². The zero-order chi connectivity index (χ0) is 15.9. The summed E-state index contributed by atoms with van der Waals surface area (Å²) in [5, 5.41) is 3.30. The average molecular weight is 395 g/mol. The van der Waals surface area contributed by atoms with Crippen LogP contribution in [0.3, 0.4) is 0 Å². The molecule has 5 nitrogen and oxygen atoms in total. The van der Waals surface area contributed by atoms with Gasteiger partial charge in [0, 0.05) is 71.9 Å². The van der Waals surface area contributed by atoms with Crippen LogP contribution in [0.5, 0.6) is 0 Å². The number of piperazine rings is 2. The highest BCUT2D eigenvalue weighted by atomic mass is 35.5. The Morgan fingerprint density at radius 2 is 1.44 bits per heavy atom. The van der Waals surface area contributed by atoms with Crippen LogP contribution in [-0.2, 0) is 4.79 Å². The van der Waals surface area contributed by atoms with Gasteiger partial charge in [-0.25, -0.2) is 0 Å². The van der Waals surface area contributed by atoms with Gasteiger partial charge in [-0.3, -0.25) is 4.79 Å². The van der Waals surface area contributed by atoms with Crippen molar-refractivity contribution >= 4 is 30.7 Å². The Morgan fingerprint density at radius 1 is 0.840 bits per heavy atom. The second-order valence-electron chi connectivity index (χ2n) is 7.53. The Morgan fingerprint density at radius 3 is 2.08 bits per heavy atom. The number of halogens is 2. The fourth-order valence-corrected chi connectivity index (χ4v) is 4.26. The molecule has 3 rings (SSSR count). The van der Waals surface area contributed by atoms with E-state index in [2.05, 4.69) is 15.1 Å². The lowest BCUT2D eigenvalue weighted by atomic mass is 9.89. The van der Waals surface area contributed by atoms with E-state index >= 15 is 0 Å². The van der Waals surface area contributed by atoms with E-state index in [0.29, 0.717) is 12.3 Å². The zero-order valence-electron chi connectivity index (χ0n) is 15.5. The maximum absolute atomic E-state index is 12.2. The van der Waals surface area contributed by atoms with Crippen molar-refractivity contribution in [2.75, 3.05) is 65.4 Å². The van der Waals surface area contributed by atoms with Gasteiger partial charge in [-0.2, -0.15) is 0 Å². The second kappa shape index (κ2) is 12.3. The number of rotatable bonds is 5. The predicted molar refractivity (Wildman–Crippen MR) is 108 cm³/mol. The molecule has 0 spiro atoms. The number of nitrogens with one attached hydrogen (secondary N) is 1. The standard InChI is InChI=1S/C18H34N4O.2ClH/c23-18(22-10-7-19-8-11-22)6-9-20-12-14-21(15-13-20)16-17-4-2-1-3-5-17;;/h17,19H,1-16H2;2*1H. The van der Waals surface area contributed by atoms with E-state index < -0.39 is 0 Å². The van der Waals surface area contributed by atoms with Crippen LogP contribution in [0.2, 0.25) is 0 Å². The van der Waals surface area contributed by atoms with E-state index in [0.717, 1.165) is 51.7 Å². The van der Waals surface area contributed by atoms with Gasteiger partial charge < -0.3 is 20.0 Å². The molecule has 0 aromatic carbocycles. The summed E-state index contributed by atoms with van der Waals surface area (Å²) in [7, 11) is 0. The number of nitrogens with zero attached hydrogens (tertiary/aromatic N) is 3. The van der Waals surface area contributed by atoms with E-state index in [1.165, 1.54) is 51.7 Å². The minimum atomic E-state index is 0. The smallest absolute Gasteiger partial charge is 0.223 e. The molecule has 3 fully saturated rings. The van der Waals surface area contributed by atoms with Crippen molar-refractivity contribution < 1.29 is 4.79 Å². The average Bonchev–Trinajstić information content (AvgIpc) is 2.62. The summed E-state index contributed by atoms with van der Waals surface area (Å²) >= 11 is 0. The molecule has 2 saturated heterocycles. The maximum Gasteiger partial charge on any atom is 0.223 e. The van der Waals surface area contributed by atoms with Crippen molar-refractivity contribution in [2.45, 2.75) is 38.5 Å². The van der Waals surface area contributed by atoms with Crippen LogP contribution in [-0.4, -0.2) is 86.1 Å². The van der Waals surface area contributed by atoms with Gasteiger partial charge in [-0.1, -0.05) is 19.3 Å². The first kappa shape index (κ1) is 23.0. The van der Waals surface area contributed by atoms with Gasteiger partial charge in [0.25, 0.3) is 0 Å². The largest absolute Gasteiger partial charge is 0.340 e. The first-order valence-corrected chi connectivity index (χ1v) is 9.74. The Labute approximate surface area is 165 Å². The highest BCUT2D eigenvalue weighted by Crippen LogP contribution is 2.24. The molecule has 0 radical (unpaired) electrons. The molecule has 25 heavy (non-hydrogen) atoms. The fraction of sp³-hybridized carbons (Fsp3) is 0.944. The molecule has 0 unspecified atom stereocenters. The van der Waals surface area contributed by atoms with Crippen LogP contribution in [0.15, 0.2) is 0 Å². The fourth-order valence-electron chi connectivity index (χ4n) is 4.26. The normalized spacial score (nSPS) is 23.6. The lowest BCUT2D eigenvalue weighted by molar-refractivity contribution is -0.132. The summed E-state index contributed by atoms with van der Waals surface area (Å²) in [4.78, 5) is 19.4. The summed E-state index contributed by atoms with van der Waals surface area (Å²) < 4.78 is 0. The van der Waals surface area contributed by atoms with Crippen molar-refractivity contribution in [1.29, 1.82) is 0 Å². The first-order chi connectivity index (χ1) is 11.3. The van der Waals surface area contributed by atoms with Gasteiger partial charge in [0.2, 0.25) is 5.91 Å². The van der Waals surface area contributed by atoms with Gasteiger partial charge in [0.15, 0.2) is 0 Å². The summed E-state index contributed by atoms with van der Waals surface area (Å²) in [5.41, 5.74) is 0. The first-order valence-electron chi connectivity index (χ1n) is 9.74. The molecule has 1 N–H and O–H groups in total. The summed E-state index contributed by atoms with van der Waals surface area (Å²) in [5.74, 6) is 1.29. The minimum Gasteiger partial charge on any atom is -0.340 e. The van der Waals surface area contributed by atoms with E-state index in [1.54, 1.807) is 0 Å². The van der Waals surface area contributed by atoms with Crippen LogP contribution in [0.25, 0.3) is 0 Å². The van der Waals surface area contributed by atoms with Crippen molar-refractivity contribution in [1.82, 2.24) is 20.0 Å². The molecule has 3 aliphatic rings. The molecule has 1 amide bonds. The van der Waals surface area contributed by atoms with E-state index in [4.69, 9.17) is 0 Å². The van der Waals surface area contributed by atoms with Gasteiger partial charge in [-0.05, 0) is 18.8 Å². The Bertz CT molecular complexity index is 366. The predicted octanol–water partition coefficient (Wildman–Crippen LogP) is 1.85. The zero-order valence-corrected chi connectivity index (χ0v) is 17.1. The Kier molecular flexibility index (Phi) is 11.3. The van der Waals surface area contributed by atoms with Crippen LogP contribution >= 0.6 is 24.8 Å². The third-order valence-electron chi connectivity index (χ3n) is 5.82. The van der Waals surface area contributed by atoms with Gasteiger partial charge in [0.05, 0.1) is 0 Å². The van der Waals surface area contributed by atoms with Crippen LogP contribution in [0.4, 0.5) is 0 Å². The molecule has 7 heteroatoms. The third kappa shape index (κ3) is 7.59. The van der Waals surface area contributed by atoms with Gasteiger partial charge >= 0.3 is 0 Å². The van der Waals surface area contributed by atoms with Crippen molar-refractivity contribution in [3.63, 3.8) is 0 Å². The Hall–Kier alpha value is -0.0700. The molecule has 1 aliphatic carbocycles. The SMILES string of the molecule is Cl.Cl.O=C(CCN1CCN(CC2CCCCC2)CC1)N1CCNCC1. The number of hydrogen-bond acceptors (Lipinski definition) is 4. The molecule has 0 aromatic heterocycles. The monoisotopic (exact) mass is 394 g/mol. The quantitative estimate of drug-likeness (QED) is 0.771. The van der Waals surface area contributed by atoms with Crippen LogP contribution in [0, 0.1) is 5.92 Å². The van der Waals surface area contributed by atoms with E-state index in [-0.39, 0.29) is 24.8 Å². The van der Waals surface area contributed by atoms with Crippen molar-refractivity contribution in [3.8, 4) is 0 Å². The molecule has 0 bridgehead atoms. The van der Waals surface area contributed by atoms with Gasteiger partial charge in [0.1, 0.15) is 0 Å². The van der Waals surface area contributed by atoms with Crippen molar-refractivity contribution in [3.05, 3.63) is 0 Å². The summed E-state index contributed by atoms with van der Waals surface area (Å²) in [6, 6.07) is 0. The number of carbonyl (C=O) groups excluding carboxylic acids is 1. The highest BCUT2D eigenvalue weighted by Gasteiger charge is 2.22. The molecule has 148 valence electrons. The summed E-state index contributed by atoms with van der Waals surface area (Å²) in [6.07, 6.45) is 7.92. The van der Waals surface area contributed by atoms with Crippen LogP contribution in [0.1, 0.15) is 38.5 Å². The maximum atomic E-state index is 12.2. The second-order valence-corrected chi connectivity index (χ2v) is 7.53.